The van der Waals surface area contributed by atoms with Crippen LogP contribution >= 0.6 is 0 Å². The lowest BCUT2D eigenvalue weighted by Gasteiger charge is -2.05. The molecule has 0 amide bonds. The van der Waals surface area contributed by atoms with Gasteiger partial charge in [0, 0.05) is 0 Å². The Hall–Kier alpha value is -1.16. The molecule has 1 atom stereocenters. The highest BCUT2D eigenvalue weighted by molar-refractivity contribution is 5.48. The van der Waals surface area contributed by atoms with Gasteiger partial charge >= 0.3 is 0 Å². The fraction of sp³-hybridized carbons (Fsp3) is 0.333. The number of rotatable bonds is 4. The molecule has 3 heteroatoms. The standard InChI is InChI=1S/C12H14O3/c1-2-5-11(6-3-1)7-4-8-14-12-9-13-10-15-12/h1-7,12H,8-10H2/b7-4+/t12-/m1/s1. The van der Waals surface area contributed by atoms with Crippen molar-refractivity contribution in [3.05, 3.63) is 42.0 Å². The van der Waals surface area contributed by atoms with Crippen LogP contribution in [0, 0.1) is 0 Å². The van der Waals surface area contributed by atoms with Crippen molar-refractivity contribution >= 4 is 6.08 Å². The fourth-order valence-corrected chi connectivity index (χ4v) is 1.32. The lowest BCUT2D eigenvalue weighted by atomic mass is 10.2. The van der Waals surface area contributed by atoms with Crippen molar-refractivity contribution in [3.8, 4) is 0 Å². The highest BCUT2D eigenvalue weighted by Crippen LogP contribution is 2.05. The smallest absolute Gasteiger partial charge is 0.184 e. The van der Waals surface area contributed by atoms with E-state index >= 15 is 0 Å². The average molecular weight is 206 g/mol. The lowest BCUT2D eigenvalue weighted by molar-refractivity contribution is -0.0969. The Kier molecular flexibility index (Phi) is 3.91. The number of hydrogen-bond donors (Lipinski definition) is 0. The van der Waals surface area contributed by atoms with Crippen LogP contribution in [0.25, 0.3) is 6.08 Å². The third-order valence-electron chi connectivity index (χ3n) is 2.08. The summed E-state index contributed by atoms with van der Waals surface area (Å²) in [6.45, 7) is 1.41. The zero-order chi connectivity index (χ0) is 10.3. The predicted molar refractivity (Wildman–Crippen MR) is 57.1 cm³/mol. The molecular formula is C12H14O3. The Labute approximate surface area is 89.3 Å². The summed E-state index contributed by atoms with van der Waals surface area (Å²) >= 11 is 0. The van der Waals surface area contributed by atoms with Gasteiger partial charge in [-0.25, -0.2) is 0 Å². The quantitative estimate of drug-likeness (QED) is 0.754. The topological polar surface area (TPSA) is 27.7 Å². The van der Waals surface area contributed by atoms with E-state index in [4.69, 9.17) is 14.2 Å². The van der Waals surface area contributed by atoms with Crippen LogP contribution < -0.4 is 0 Å². The number of benzene rings is 1. The molecule has 0 aliphatic carbocycles. The van der Waals surface area contributed by atoms with Gasteiger partial charge in [0.2, 0.25) is 0 Å². The van der Waals surface area contributed by atoms with Crippen molar-refractivity contribution in [2.75, 3.05) is 20.0 Å². The molecule has 0 unspecified atom stereocenters. The molecule has 15 heavy (non-hydrogen) atoms. The Balaban J connectivity index is 1.71. The molecule has 0 spiro atoms. The van der Waals surface area contributed by atoms with Crippen LogP contribution in [0.2, 0.25) is 0 Å². The molecule has 1 aliphatic rings. The first-order valence-corrected chi connectivity index (χ1v) is 4.98. The molecule has 1 aliphatic heterocycles. The second-order valence-electron chi connectivity index (χ2n) is 3.23. The molecule has 0 bridgehead atoms. The average Bonchev–Trinajstić information content (AvgIpc) is 2.79. The van der Waals surface area contributed by atoms with Gasteiger partial charge in [-0.05, 0) is 5.56 Å². The first kappa shape index (κ1) is 10.4. The molecule has 80 valence electrons. The second-order valence-corrected chi connectivity index (χ2v) is 3.23. The molecule has 1 fully saturated rings. The summed E-state index contributed by atoms with van der Waals surface area (Å²) in [7, 11) is 0. The number of hydrogen-bond acceptors (Lipinski definition) is 3. The summed E-state index contributed by atoms with van der Waals surface area (Å²) < 4.78 is 15.5. The minimum Gasteiger partial charge on any atom is -0.350 e. The SMILES string of the molecule is C(=C\c1ccccc1)/CO[C@H]1COCO1. The molecule has 2 rings (SSSR count). The van der Waals surface area contributed by atoms with E-state index in [0.717, 1.165) is 0 Å². The van der Waals surface area contributed by atoms with E-state index in [1.54, 1.807) is 0 Å². The normalized spacial score (nSPS) is 21.2. The van der Waals surface area contributed by atoms with Gasteiger partial charge in [-0.2, -0.15) is 0 Å². The molecule has 1 saturated heterocycles. The van der Waals surface area contributed by atoms with Crippen molar-refractivity contribution in [3.63, 3.8) is 0 Å². The Morgan fingerprint density at radius 1 is 1.33 bits per heavy atom. The highest BCUT2D eigenvalue weighted by atomic mass is 16.8. The van der Waals surface area contributed by atoms with E-state index in [0.29, 0.717) is 20.0 Å². The van der Waals surface area contributed by atoms with Gasteiger partial charge in [-0.1, -0.05) is 42.5 Å². The van der Waals surface area contributed by atoms with E-state index in [9.17, 15) is 0 Å². The van der Waals surface area contributed by atoms with Crippen LogP contribution in [0.1, 0.15) is 5.56 Å². The minimum atomic E-state index is -0.203. The maximum absolute atomic E-state index is 5.39. The van der Waals surface area contributed by atoms with Crippen LogP contribution in [0.15, 0.2) is 36.4 Å². The molecule has 1 aromatic rings. The molecule has 1 aromatic carbocycles. The van der Waals surface area contributed by atoms with Crippen LogP contribution in [-0.2, 0) is 14.2 Å². The zero-order valence-electron chi connectivity index (χ0n) is 8.46. The van der Waals surface area contributed by atoms with E-state index in [1.807, 2.05) is 42.5 Å². The molecule has 1 heterocycles. The summed E-state index contributed by atoms with van der Waals surface area (Å²) in [5.41, 5.74) is 1.17. The maximum Gasteiger partial charge on any atom is 0.184 e. The van der Waals surface area contributed by atoms with E-state index < -0.39 is 0 Å². The van der Waals surface area contributed by atoms with Crippen molar-refractivity contribution in [1.29, 1.82) is 0 Å². The summed E-state index contributed by atoms with van der Waals surface area (Å²) in [6.07, 6.45) is 3.79. The van der Waals surface area contributed by atoms with Crippen LogP contribution in [0.4, 0.5) is 0 Å². The third kappa shape index (κ3) is 3.47. The summed E-state index contributed by atoms with van der Waals surface area (Å²) in [5, 5.41) is 0. The predicted octanol–water partition coefficient (Wildman–Crippen LogP) is 2.05. The summed E-state index contributed by atoms with van der Waals surface area (Å²) in [4.78, 5) is 0. The third-order valence-corrected chi connectivity index (χ3v) is 2.08. The van der Waals surface area contributed by atoms with Crippen molar-refractivity contribution in [2.24, 2.45) is 0 Å². The van der Waals surface area contributed by atoms with Crippen molar-refractivity contribution < 1.29 is 14.2 Å². The molecule has 0 N–H and O–H groups in total. The van der Waals surface area contributed by atoms with Gasteiger partial charge < -0.3 is 14.2 Å². The Bertz CT molecular complexity index is 302. The molecule has 0 radical (unpaired) electrons. The molecule has 0 saturated carbocycles. The van der Waals surface area contributed by atoms with Crippen LogP contribution in [0.3, 0.4) is 0 Å². The summed E-state index contributed by atoms with van der Waals surface area (Å²) in [6, 6.07) is 10.1. The van der Waals surface area contributed by atoms with Crippen LogP contribution in [-0.4, -0.2) is 26.3 Å². The number of ether oxygens (including phenoxy) is 3. The van der Waals surface area contributed by atoms with Gasteiger partial charge in [-0.15, -0.1) is 0 Å². The first-order valence-electron chi connectivity index (χ1n) is 4.98. The largest absolute Gasteiger partial charge is 0.350 e. The summed E-state index contributed by atoms with van der Waals surface area (Å²) in [5.74, 6) is 0. The maximum atomic E-state index is 5.39. The van der Waals surface area contributed by atoms with Crippen molar-refractivity contribution in [1.82, 2.24) is 0 Å². The highest BCUT2D eigenvalue weighted by Gasteiger charge is 2.14. The van der Waals surface area contributed by atoms with E-state index in [-0.39, 0.29) is 6.29 Å². The molecule has 0 aromatic heterocycles. The second kappa shape index (κ2) is 5.66. The fourth-order valence-electron chi connectivity index (χ4n) is 1.32. The van der Waals surface area contributed by atoms with Crippen LogP contribution in [0.5, 0.6) is 0 Å². The minimum absolute atomic E-state index is 0.203. The van der Waals surface area contributed by atoms with E-state index in [2.05, 4.69) is 0 Å². The lowest BCUT2D eigenvalue weighted by Crippen LogP contribution is -2.14. The first-order chi connectivity index (χ1) is 7.45. The van der Waals surface area contributed by atoms with Gasteiger partial charge in [0.05, 0.1) is 6.61 Å². The van der Waals surface area contributed by atoms with Crippen molar-refractivity contribution in [2.45, 2.75) is 6.29 Å². The van der Waals surface area contributed by atoms with Gasteiger partial charge in [0.1, 0.15) is 13.4 Å². The molecular weight excluding hydrogens is 192 g/mol. The van der Waals surface area contributed by atoms with Gasteiger partial charge in [-0.3, -0.25) is 0 Å². The van der Waals surface area contributed by atoms with E-state index in [1.165, 1.54) is 5.56 Å². The van der Waals surface area contributed by atoms with Gasteiger partial charge in [0.25, 0.3) is 0 Å². The Morgan fingerprint density at radius 3 is 2.93 bits per heavy atom. The molecule has 3 nitrogen and oxygen atoms in total. The van der Waals surface area contributed by atoms with Gasteiger partial charge in [0.15, 0.2) is 6.29 Å². The Morgan fingerprint density at radius 2 is 2.20 bits per heavy atom. The zero-order valence-corrected chi connectivity index (χ0v) is 8.46. The monoisotopic (exact) mass is 206 g/mol.